The number of hydrogen-bond acceptors (Lipinski definition) is 3. The highest BCUT2D eigenvalue weighted by atomic mass is 35.5. The Morgan fingerprint density at radius 1 is 1.55 bits per heavy atom. The predicted octanol–water partition coefficient (Wildman–Crippen LogP) is 3.39. The highest BCUT2D eigenvalue weighted by Gasteiger charge is 2.38. The van der Waals surface area contributed by atoms with Crippen molar-refractivity contribution in [2.24, 2.45) is 11.3 Å². The Bertz CT molecular complexity index is 466. The molecule has 2 heterocycles. The Kier molecular flexibility index (Phi) is 5.10. The molecule has 1 aromatic rings. The average Bonchev–Trinajstić information content (AvgIpc) is 2.84. The number of carbonyl (C=O) groups excluding carboxylic acids is 1. The van der Waals surface area contributed by atoms with E-state index < -0.39 is 0 Å². The van der Waals surface area contributed by atoms with E-state index in [9.17, 15) is 4.79 Å². The van der Waals surface area contributed by atoms with Crippen molar-refractivity contribution in [3.63, 3.8) is 0 Å². The van der Waals surface area contributed by atoms with Crippen molar-refractivity contribution in [1.82, 2.24) is 10.2 Å². The summed E-state index contributed by atoms with van der Waals surface area (Å²) in [6.45, 7) is 6.80. The number of carbonyl (C=O) groups is 1. The van der Waals surface area contributed by atoms with Crippen LogP contribution in [0.4, 0.5) is 0 Å². The van der Waals surface area contributed by atoms with Gasteiger partial charge >= 0.3 is 0 Å². The lowest BCUT2D eigenvalue weighted by Gasteiger charge is -2.38. The van der Waals surface area contributed by atoms with Gasteiger partial charge in [0.2, 0.25) is 5.91 Å². The molecular weight excluding hydrogens is 292 g/mol. The molecule has 3 nitrogen and oxygen atoms in total. The number of nitrogens with zero attached hydrogens (tertiary/aromatic N) is 1. The monoisotopic (exact) mass is 314 g/mol. The SMILES string of the molecule is CN(Cc1ccc(Cl)s1)C(=O)C(C)(C)C1CCCNC1. The van der Waals surface area contributed by atoms with Gasteiger partial charge in [-0.15, -0.1) is 11.3 Å². The van der Waals surface area contributed by atoms with Crippen LogP contribution in [0.2, 0.25) is 4.34 Å². The molecule has 1 aliphatic rings. The summed E-state index contributed by atoms with van der Waals surface area (Å²) in [4.78, 5) is 15.7. The number of amides is 1. The molecule has 0 saturated carbocycles. The largest absolute Gasteiger partial charge is 0.340 e. The van der Waals surface area contributed by atoms with Gasteiger partial charge in [0, 0.05) is 17.3 Å². The zero-order chi connectivity index (χ0) is 14.8. The molecule has 1 aromatic heterocycles. The van der Waals surface area contributed by atoms with Crippen molar-refractivity contribution in [3.8, 4) is 0 Å². The molecule has 0 bridgehead atoms. The summed E-state index contributed by atoms with van der Waals surface area (Å²) in [7, 11) is 1.88. The summed E-state index contributed by atoms with van der Waals surface area (Å²) in [6, 6.07) is 3.88. The summed E-state index contributed by atoms with van der Waals surface area (Å²) in [5.41, 5.74) is -0.316. The van der Waals surface area contributed by atoms with Crippen LogP contribution in [0, 0.1) is 11.3 Å². The van der Waals surface area contributed by atoms with Crippen molar-refractivity contribution >= 4 is 28.8 Å². The van der Waals surface area contributed by atoms with Crippen LogP contribution in [0.3, 0.4) is 0 Å². The molecule has 1 aliphatic heterocycles. The first kappa shape index (κ1) is 15.8. The minimum Gasteiger partial charge on any atom is -0.340 e. The van der Waals surface area contributed by atoms with Crippen molar-refractivity contribution in [2.75, 3.05) is 20.1 Å². The van der Waals surface area contributed by atoms with E-state index >= 15 is 0 Å². The van der Waals surface area contributed by atoms with E-state index in [4.69, 9.17) is 11.6 Å². The maximum atomic E-state index is 12.7. The first-order valence-corrected chi connectivity index (χ1v) is 8.31. The predicted molar refractivity (Wildman–Crippen MR) is 85.2 cm³/mol. The second-order valence-corrected chi connectivity index (χ2v) is 7.93. The van der Waals surface area contributed by atoms with E-state index in [2.05, 4.69) is 19.2 Å². The van der Waals surface area contributed by atoms with Gasteiger partial charge in [0.1, 0.15) is 0 Å². The molecule has 2 rings (SSSR count). The number of hydrogen-bond donors (Lipinski definition) is 1. The third-order valence-corrected chi connectivity index (χ3v) is 5.45. The van der Waals surface area contributed by atoms with Crippen LogP contribution < -0.4 is 5.32 Å². The molecule has 1 fully saturated rings. The number of nitrogens with one attached hydrogen (secondary N) is 1. The van der Waals surface area contributed by atoms with Gasteiger partial charge < -0.3 is 10.2 Å². The fourth-order valence-electron chi connectivity index (χ4n) is 2.88. The summed E-state index contributed by atoms with van der Waals surface area (Å²) in [6.07, 6.45) is 2.29. The van der Waals surface area contributed by atoms with Crippen molar-refractivity contribution in [2.45, 2.75) is 33.2 Å². The fourth-order valence-corrected chi connectivity index (χ4v) is 4.02. The molecule has 0 radical (unpaired) electrons. The lowest BCUT2D eigenvalue weighted by molar-refractivity contribution is -0.143. The maximum Gasteiger partial charge on any atom is 0.228 e. The van der Waals surface area contributed by atoms with Gasteiger partial charge in [-0.2, -0.15) is 0 Å². The van der Waals surface area contributed by atoms with E-state index in [1.165, 1.54) is 11.3 Å². The van der Waals surface area contributed by atoms with Crippen molar-refractivity contribution in [3.05, 3.63) is 21.3 Å². The van der Waals surface area contributed by atoms with Crippen LogP contribution in [0.25, 0.3) is 0 Å². The van der Waals surface area contributed by atoms with Gasteiger partial charge in [-0.1, -0.05) is 25.4 Å². The molecule has 5 heteroatoms. The fraction of sp³-hybridized carbons (Fsp3) is 0.667. The lowest BCUT2D eigenvalue weighted by atomic mass is 9.74. The van der Waals surface area contributed by atoms with E-state index in [1.807, 2.05) is 24.1 Å². The molecule has 0 spiro atoms. The number of piperidine rings is 1. The minimum atomic E-state index is -0.316. The first-order chi connectivity index (χ1) is 9.41. The maximum absolute atomic E-state index is 12.7. The minimum absolute atomic E-state index is 0.218. The Balaban J connectivity index is 2.00. The standard InChI is InChI=1S/C15H23ClN2OS/c1-15(2,11-5-4-8-17-9-11)14(19)18(3)10-12-6-7-13(16)20-12/h6-7,11,17H,4-5,8-10H2,1-3H3. The molecule has 1 atom stereocenters. The van der Waals surface area contributed by atoms with Gasteiger partial charge in [0.15, 0.2) is 0 Å². The normalized spacial score (nSPS) is 19.9. The van der Waals surface area contributed by atoms with Crippen LogP contribution in [-0.2, 0) is 11.3 Å². The Hall–Kier alpha value is -0.580. The Morgan fingerprint density at radius 2 is 2.30 bits per heavy atom. The van der Waals surface area contributed by atoms with Crippen LogP contribution in [0.5, 0.6) is 0 Å². The number of halogens is 1. The van der Waals surface area contributed by atoms with Crippen molar-refractivity contribution < 1.29 is 4.79 Å². The molecule has 20 heavy (non-hydrogen) atoms. The van der Waals surface area contributed by atoms with E-state index in [0.717, 1.165) is 35.1 Å². The molecule has 1 amide bonds. The van der Waals surface area contributed by atoms with Crippen LogP contribution in [0.15, 0.2) is 12.1 Å². The molecular formula is C15H23ClN2OS. The Morgan fingerprint density at radius 3 is 2.85 bits per heavy atom. The van der Waals surface area contributed by atoms with E-state index in [0.29, 0.717) is 12.5 Å². The summed E-state index contributed by atoms with van der Waals surface area (Å²) >= 11 is 7.48. The summed E-state index contributed by atoms with van der Waals surface area (Å²) in [5.74, 6) is 0.633. The highest BCUT2D eigenvalue weighted by molar-refractivity contribution is 7.16. The number of rotatable bonds is 4. The topological polar surface area (TPSA) is 32.3 Å². The van der Waals surface area contributed by atoms with E-state index in [-0.39, 0.29) is 11.3 Å². The second-order valence-electron chi connectivity index (χ2n) is 6.13. The zero-order valence-electron chi connectivity index (χ0n) is 12.4. The van der Waals surface area contributed by atoms with Crippen molar-refractivity contribution in [1.29, 1.82) is 0 Å². The van der Waals surface area contributed by atoms with E-state index in [1.54, 1.807) is 0 Å². The first-order valence-electron chi connectivity index (χ1n) is 7.11. The van der Waals surface area contributed by atoms with Crippen LogP contribution in [0.1, 0.15) is 31.6 Å². The van der Waals surface area contributed by atoms with Crippen LogP contribution >= 0.6 is 22.9 Å². The zero-order valence-corrected chi connectivity index (χ0v) is 14.0. The van der Waals surface area contributed by atoms with Gasteiger partial charge in [-0.3, -0.25) is 4.79 Å². The third kappa shape index (κ3) is 3.54. The lowest BCUT2D eigenvalue weighted by Crippen LogP contribution is -2.47. The van der Waals surface area contributed by atoms with Gasteiger partial charge in [0.05, 0.1) is 10.9 Å². The molecule has 1 saturated heterocycles. The molecule has 0 aliphatic carbocycles. The van der Waals surface area contributed by atoms with Gasteiger partial charge in [-0.25, -0.2) is 0 Å². The summed E-state index contributed by atoms with van der Waals surface area (Å²) in [5, 5.41) is 3.40. The smallest absolute Gasteiger partial charge is 0.228 e. The molecule has 1 unspecified atom stereocenters. The quantitative estimate of drug-likeness (QED) is 0.924. The second kappa shape index (κ2) is 6.46. The van der Waals surface area contributed by atoms with Gasteiger partial charge in [-0.05, 0) is 44.0 Å². The van der Waals surface area contributed by atoms with Gasteiger partial charge in [0.25, 0.3) is 0 Å². The Labute approximate surface area is 130 Å². The highest BCUT2D eigenvalue weighted by Crippen LogP contribution is 2.34. The average molecular weight is 315 g/mol. The molecule has 1 N–H and O–H groups in total. The molecule has 0 aromatic carbocycles. The summed E-state index contributed by atoms with van der Waals surface area (Å²) < 4.78 is 0.775. The molecule has 112 valence electrons. The third-order valence-electron chi connectivity index (χ3n) is 4.24. The van der Waals surface area contributed by atoms with Crippen LogP contribution in [-0.4, -0.2) is 30.9 Å². The number of thiophene rings is 1.